The SMILES string of the molecule is COc1ccc2[nH]c(C(=O)N3CCc4ccc(C(=O)NOC5CCCCO5)cc4C3)cc2c1. The summed E-state index contributed by atoms with van der Waals surface area (Å²) >= 11 is 0. The average Bonchev–Trinajstić information content (AvgIpc) is 3.30. The van der Waals surface area contributed by atoms with Crippen LogP contribution in [0, 0.1) is 0 Å². The first-order chi connectivity index (χ1) is 16.1. The van der Waals surface area contributed by atoms with E-state index in [1.807, 2.05) is 36.4 Å². The third kappa shape index (κ3) is 4.58. The number of nitrogens with zero attached hydrogens (tertiary/aromatic N) is 1. The first kappa shape index (κ1) is 21.5. The highest BCUT2D eigenvalue weighted by molar-refractivity contribution is 5.98. The summed E-state index contributed by atoms with van der Waals surface area (Å²) in [6.45, 7) is 1.71. The van der Waals surface area contributed by atoms with Gasteiger partial charge in [0.05, 0.1) is 7.11 Å². The number of aromatic amines is 1. The zero-order valence-electron chi connectivity index (χ0n) is 18.6. The van der Waals surface area contributed by atoms with Crippen LogP contribution in [0.1, 0.15) is 51.2 Å². The van der Waals surface area contributed by atoms with E-state index in [9.17, 15) is 9.59 Å². The second-order valence-electron chi connectivity index (χ2n) is 8.44. The Morgan fingerprint density at radius 1 is 1.12 bits per heavy atom. The monoisotopic (exact) mass is 449 g/mol. The summed E-state index contributed by atoms with van der Waals surface area (Å²) in [5, 5.41) is 0.927. The molecule has 172 valence electrons. The van der Waals surface area contributed by atoms with Gasteiger partial charge in [0.25, 0.3) is 11.8 Å². The molecule has 2 aliphatic heterocycles. The van der Waals surface area contributed by atoms with Gasteiger partial charge in [-0.1, -0.05) is 6.07 Å². The van der Waals surface area contributed by atoms with Crippen molar-refractivity contribution < 1.29 is 23.9 Å². The van der Waals surface area contributed by atoms with Crippen LogP contribution >= 0.6 is 0 Å². The molecule has 0 radical (unpaired) electrons. The van der Waals surface area contributed by atoms with E-state index in [4.69, 9.17) is 14.3 Å². The molecule has 2 N–H and O–H groups in total. The van der Waals surface area contributed by atoms with Crippen LogP contribution in [-0.4, -0.2) is 48.2 Å². The van der Waals surface area contributed by atoms with E-state index in [0.29, 0.717) is 31.0 Å². The number of amides is 2. The molecule has 2 amide bonds. The van der Waals surface area contributed by atoms with Crippen molar-refractivity contribution >= 4 is 22.7 Å². The molecular formula is C25H27N3O5. The van der Waals surface area contributed by atoms with Crippen molar-refractivity contribution in [2.45, 2.75) is 38.5 Å². The van der Waals surface area contributed by atoms with Gasteiger partial charge in [0.2, 0.25) is 0 Å². The Morgan fingerprint density at radius 2 is 2.03 bits per heavy atom. The smallest absolute Gasteiger partial charge is 0.274 e. The highest BCUT2D eigenvalue weighted by atomic mass is 16.8. The fraction of sp³-hybridized carbons (Fsp3) is 0.360. The molecule has 1 saturated heterocycles. The minimum atomic E-state index is -0.398. The molecule has 1 atom stereocenters. The van der Waals surface area contributed by atoms with Crippen LogP contribution in [0.2, 0.25) is 0 Å². The lowest BCUT2D eigenvalue weighted by Gasteiger charge is -2.29. The van der Waals surface area contributed by atoms with Crippen molar-refractivity contribution in [1.82, 2.24) is 15.4 Å². The lowest BCUT2D eigenvalue weighted by molar-refractivity contribution is -0.186. The summed E-state index contributed by atoms with van der Waals surface area (Å²) in [6, 6.07) is 13.1. The molecule has 2 aliphatic rings. The Morgan fingerprint density at radius 3 is 2.85 bits per heavy atom. The number of H-pyrrole nitrogens is 1. The van der Waals surface area contributed by atoms with E-state index in [0.717, 1.165) is 53.5 Å². The van der Waals surface area contributed by atoms with E-state index >= 15 is 0 Å². The number of methoxy groups -OCH3 is 1. The number of ether oxygens (including phenoxy) is 2. The van der Waals surface area contributed by atoms with E-state index in [-0.39, 0.29) is 11.8 Å². The molecule has 0 spiro atoms. The molecule has 2 aromatic carbocycles. The van der Waals surface area contributed by atoms with Crippen LogP contribution < -0.4 is 10.2 Å². The predicted octanol–water partition coefficient (Wildman–Crippen LogP) is 3.56. The molecule has 0 saturated carbocycles. The van der Waals surface area contributed by atoms with Crippen LogP contribution in [0.4, 0.5) is 0 Å². The van der Waals surface area contributed by atoms with Crippen molar-refractivity contribution in [2.24, 2.45) is 0 Å². The van der Waals surface area contributed by atoms with Crippen molar-refractivity contribution in [3.8, 4) is 5.75 Å². The topological polar surface area (TPSA) is 92.9 Å². The molecule has 8 heteroatoms. The van der Waals surface area contributed by atoms with Gasteiger partial charge in [0.15, 0.2) is 6.29 Å². The number of rotatable bonds is 5. The normalized spacial score (nSPS) is 18.1. The Hall–Kier alpha value is -3.36. The molecule has 1 unspecified atom stereocenters. The van der Waals surface area contributed by atoms with Gasteiger partial charge in [0.1, 0.15) is 11.4 Å². The Bertz CT molecular complexity index is 1180. The van der Waals surface area contributed by atoms with Gasteiger partial charge < -0.3 is 19.4 Å². The fourth-order valence-electron chi connectivity index (χ4n) is 4.38. The molecular weight excluding hydrogens is 422 g/mol. The summed E-state index contributed by atoms with van der Waals surface area (Å²) in [5.41, 5.74) is 6.53. The zero-order chi connectivity index (χ0) is 22.8. The molecule has 3 aromatic rings. The fourth-order valence-corrected chi connectivity index (χ4v) is 4.38. The standard InChI is InChI=1S/C25H27N3O5/c1-31-20-7-8-21-18(13-20)14-22(26-21)25(30)28-10-9-16-5-6-17(12-19(16)15-28)24(29)27-33-23-4-2-3-11-32-23/h5-8,12-14,23,26H,2-4,9-11,15H2,1H3,(H,27,29). The van der Waals surface area contributed by atoms with Crippen LogP contribution in [0.5, 0.6) is 5.75 Å². The van der Waals surface area contributed by atoms with Crippen molar-refractivity contribution in [3.05, 3.63) is 64.8 Å². The van der Waals surface area contributed by atoms with Gasteiger partial charge in [-0.3, -0.25) is 9.59 Å². The molecule has 0 bridgehead atoms. The first-order valence-electron chi connectivity index (χ1n) is 11.3. The number of hydroxylamine groups is 1. The molecule has 1 fully saturated rings. The van der Waals surface area contributed by atoms with Gasteiger partial charge >= 0.3 is 0 Å². The maximum atomic E-state index is 13.2. The molecule has 0 aliphatic carbocycles. The second-order valence-corrected chi connectivity index (χ2v) is 8.44. The van der Waals surface area contributed by atoms with Gasteiger partial charge in [-0.05, 0) is 66.8 Å². The Labute approximate surface area is 191 Å². The quantitative estimate of drug-likeness (QED) is 0.581. The Balaban J connectivity index is 1.27. The largest absolute Gasteiger partial charge is 0.497 e. The number of carbonyl (C=O) groups excluding carboxylic acids is 2. The molecule has 3 heterocycles. The number of hydrogen-bond donors (Lipinski definition) is 2. The average molecular weight is 450 g/mol. The van der Waals surface area contributed by atoms with Crippen LogP contribution in [0.3, 0.4) is 0 Å². The van der Waals surface area contributed by atoms with Crippen molar-refractivity contribution in [3.63, 3.8) is 0 Å². The number of carbonyl (C=O) groups is 2. The molecule has 1 aromatic heterocycles. The maximum Gasteiger partial charge on any atom is 0.274 e. The van der Waals surface area contributed by atoms with E-state index in [2.05, 4.69) is 10.5 Å². The van der Waals surface area contributed by atoms with Crippen molar-refractivity contribution in [1.29, 1.82) is 0 Å². The minimum Gasteiger partial charge on any atom is -0.497 e. The highest BCUT2D eigenvalue weighted by Crippen LogP contribution is 2.25. The summed E-state index contributed by atoms with van der Waals surface area (Å²) in [6.07, 6.45) is 3.14. The molecule has 33 heavy (non-hydrogen) atoms. The third-order valence-corrected chi connectivity index (χ3v) is 6.25. The summed E-state index contributed by atoms with van der Waals surface area (Å²) in [7, 11) is 1.62. The number of aromatic nitrogens is 1. The highest BCUT2D eigenvalue weighted by Gasteiger charge is 2.24. The predicted molar refractivity (Wildman–Crippen MR) is 122 cm³/mol. The lowest BCUT2D eigenvalue weighted by atomic mass is 9.97. The van der Waals surface area contributed by atoms with Crippen LogP contribution in [0.25, 0.3) is 10.9 Å². The number of nitrogens with one attached hydrogen (secondary N) is 2. The third-order valence-electron chi connectivity index (χ3n) is 6.25. The van der Waals surface area contributed by atoms with Gasteiger partial charge in [-0.2, -0.15) is 0 Å². The number of fused-ring (bicyclic) bond motifs is 2. The lowest BCUT2D eigenvalue weighted by Crippen LogP contribution is -2.36. The number of benzene rings is 2. The van der Waals surface area contributed by atoms with Crippen molar-refractivity contribution in [2.75, 3.05) is 20.3 Å². The summed E-state index contributed by atoms with van der Waals surface area (Å²) < 4.78 is 10.8. The van der Waals surface area contributed by atoms with E-state index in [1.165, 1.54) is 0 Å². The van der Waals surface area contributed by atoms with Gasteiger partial charge in [-0.15, -0.1) is 0 Å². The number of hydrogen-bond acceptors (Lipinski definition) is 5. The second kappa shape index (κ2) is 9.25. The van der Waals surface area contributed by atoms with E-state index in [1.54, 1.807) is 18.1 Å². The summed E-state index contributed by atoms with van der Waals surface area (Å²) in [5.74, 6) is 0.362. The first-order valence-corrected chi connectivity index (χ1v) is 11.3. The Kier molecular flexibility index (Phi) is 6.02. The molecule has 5 rings (SSSR count). The minimum absolute atomic E-state index is 0.0662. The van der Waals surface area contributed by atoms with Gasteiger partial charge in [-0.25, -0.2) is 10.3 Å². The van der Waals surface area contributed by atoms with E-state index < -0.39 is 6.29 Å². The summed E-state index contributed by atoms with van der Waals surface area (Å²) in [4.78, 5) is 36.2. The zero-order valence-corrected chi connectivity index (χ0v) is 18.6. The molecule has 8 nitrogen and oxygen atoms in total. The maximum absolute atomic E-state index is 13.2. The van der Waals surface area contributed by atoms with Crippen LogP contribution in [0.15, 0.2) is 42.5 Å². The van der Waals surface area contributed by atoms with Gasteiger partial charge in [0, 0.05) is 42.6 Å². The van der Waals surface area contributed by atoms with Crippen LogP contribution in [-0.2, 0) is 22.5 Å².